The zero-order valence-electron chi connectivity index (χ0n) is 19.5. The number of aromatic nitrogens is 2. The van der Waals surface area contributed by atoms with Gasteiger partial charge < -0.3 is 15.0 Å². The molecule has 0 radical (unpaired) electrons. The topological polar surface area (TPSA) is 76.5 Å². The van der Waals surface area contributed by atoms with E-state index in [1.54, 1.807) is 25.1 Å². The van der Waals surface area contributed by atoms with E-state index in [0.717, 1.165) is 31.5 Å². The number of halogens is 1. The van der Waals surface area contributed by atoms with E-state index in [0.29, 0.717) is 23.4 Å². The van der Waals surface area contributed by atoms with Crippen molar-refractivity contribution in [2.24, 2.45) is 0 Å². The molecule has 1 unspecified atom stereocenters. The number of benzene rings is 2. The van der Waals surface area contributed by atoms with Crippen molar-refractivity contribution in [3.63, 3.8) is 0 Å². The molecule has 4 rings (SSSR count). The smallest absolute Gasteiger partial charge is 0.260 e. The van der Waals surface area contributed by atoms with Gasteiger partial charge in [0.1, 0.15) is 17.3 Å². The van der Waals surface area contributed by atoms with Gasteiger partial charge in [-0.1, -0.05) is 37.3 Å². The standard InChI is InChI=1S/C26H29FN4O3/c1-3-22(19-10-4-7-13-24(19)34-17-25(32)30-14-8-9-15-30)29-26(33)20-16-28-31(18(20)2)23-12-6-5-11-21(23)27/h4-7,10-13,16,22H,3,8-9,14-15,17H2,1-2H3,(H,29,33). The monoisotopic (exact) mass is 464 g/mol. The summed E-state index contributed by atoms with van der Waals surface area (Å²) < 4.78 is 21.5. The van der Waals surface area contributed by atoms with E-state index in [-0.39, 0.29) is 30.2 Å². The zero-order chi connectivity index (χ0) is 24.1. The fourth-order valence-electron chi connectivity index (χ4n) is 4.23. The van der Waals surface area contributed by atoms with Crippen molar-refractivity contribution in [3.8, 4) is 11.4 Å². The van der Waals surface area contributed by atoms with E-state index in [1.807, 2.05) is 36.1 Å². The quantitative estimate of drug-likeness (QED) is 0.542. The van der Waals surface area contributed by atoms with E-state index in [4.69, 9.17) is 4.74 Å². The molecule has 1 aliphatic rings. The average molecular weight is 465 g/mol. The normalized spacial score (nSPS) is 14.1. The van der Waals surface area contributed by atoms with Crippen LogP contribution in [-0.2, 0) is 4.79 Å². The minimum atomic E-state index is -0.415. The zero-order valence-corrected chi connectivity index (χ0v) is 19.5. The Morgan fingerprint density at radius 1 is 1.12 bits per heavy atom. The maximum Gasteiger partial charge on any atom is 0.260 e. The van der Waals surface area contributed by atoms with Crippen molar-refractivity contribution in [1.29, 1.82) is 0 Å². The van der Waals surface area contributed by atoms with Gasteiger partial charge in [-0.15, -0.1) is 0 Å². The molecular formula is C26H29FN4O3. The molecule has 0 saturated carbocycles. The van der Waals surface area contributed by atoms with E-state index in [1.165, 1.54) is 16.9 Å². The van der Waals surface area contributed by atoms with Gasteiger partial charge in [-0.2, -0.15) is 5.10 Å². The lowest BCUT2D eigenvalue weighted by Gasteiger charge is -2.21. The average Bonchev–Trinajstić information content (AvgIpc) is 3.52. The minimum Gasteiger partial charge on any atom is -0.483 e. The Labute approximate surface area is 198 Å². The van der Waals surface area contributed by atoms with Crippen molar-refractivity contribution >= 4 is 11.8 Å². The Kier molecular flexibility index (Phi) is 7.25. The summed E-state index contributed by atoms with van der Waals surface area (Å²) in [6, 6.07) is 13.4. The molecule has 0 spiro atoms. The highest BCUT2D eigenvalue weighted by Gasteiger charge is 2.23. The number of nitrogens with zero attached hydrogens (tertiary/aromatic N) is 3. The Balaban J connectivity index is 1.49. The van der Waals surface area contributed by atoms with Crippen LogP contribution in [0.15, 0.2) is 54.7 Å². The van der Waals surface area contributed by atoms with Crippen LogP contribution in [0.4, 0.5) is 4.39 Å². The SMILES string of the molecule is CCC(NC(=O)c1cnn(-c2ccccc2F)c1C)c1ccccc1OCC(=O)N1CCCC1. The van der Waals surface area contributed by atoms with Crippen LogP contribution in [0, 0.1) is 12.7 Å². The summed E-state index contributed by atoms with van der Waals surface area (Å²) >= 11 is 0. The van der Waals surface area contributed by atoms with Gasteiger partial charge in [0, 0.05) is 18.7 Å². The molecule has 1 aliphatic heterocycles. The van der Waals surface area contributed by atoms with Gasteiger partial charge in [0.25, 0.3) is 11.8 Å². The van der Waals surface area contributed by atoms with Gasteiger partial charge in [-0.25, -0.2) is 9.07 Å². The van der Waals surface area contributed by atoms with E-state index >= 15 is 0 Å². The minimum absolute atomic E-state index is 0.0272. The summed E-state index contributed by atoms with van der Waals surface area (Å²) in [6.45, 7) is 5.22. The third-order valence-corrected chi connectivity index (χ3v) is 6.15. The number of ether oxygens (including phenoxy) is 1. The molecule has 1 aromatic heterocycles. The van der Waals surface area contributed by atoms with Crippen LogP contribution in [0.25, 0.3) is 5.69 Å². The van der Waals surface area contributed by atoms with Crippen molar-refractivity contribution in [1.82, 2.24) is 20.0 Å². The Morgan fingerprint density at radius 3 is 2.56 bits per heavy atom. The van der Waals surface area contributed by atoms with Gasteiger partial charge in [-0.3, -0.25) is 9.59 Å². The summed E-state index contributed by atoms with van der Waals surface area (Å²) in [5.74, 6) is -0.182. The van der Waals surface area contributed by atoms with Gasteiger partial charge in [0.05, 0.1) is 23.5 Å². The van der Waals surface area contributed by atoms with Gasteiger partial charge in [-0.05, 0) is 44.4 Å². The molecule has 1 N–H and O–H groups in total. The number of carbonyl (C=O) groups excluding carboxylic acids is 2. The molecule has 2 heterocycles. The van der Waals surface area contributed by atoms with E-state index in [2.05, 4.69) is 10.4 Å². The molecule has 2 amide bonds. The number of para-hydroxylation sites is 2. The number of carbonyl (C=O) groups is 2. The van der Waals surface area contributed by atoms with Crippen molar-refractivity contribution in [3.05, 3.63) is 77.4 Å². The molecule has 178 valence electrons. The molecule has 1 saturated heterocycles. The number of nitrogens with one attached hydrogen (secondary N) is 1. The number of likely N-dealkylation sites (tertiary alicyclic amines) is 1. The lowest BCUT2D eigenvalue weighted by molar-refractivity contribution is -0.132. The largest absolute Gasteiger partial charge is 0.483 e. The Morgan fingerprint density at radius 2 is 1.82 bits per heavy atom. The molecule has 8 heteroatoms. The number of hydrogen-bond donors (Lipinski definition) is 1. The second kappa shape index (κ2) is 10.5. The first-order valence-electron chi connectivity index (χ1n) is 11.6. The Bertz CT molecular complexity index is 1170. The van der Waals surface area contributed by atoms with E-state index < -0.39 is 5.82 Å². The summed E-state index contributed by atoms with van der Waals surface area (Å²) in [5.41, 5.74) is 1.99. The lowest BCUT2D eigenvalue weighted by Crippen LogP contribution is -2.33. The molecule has 3 aromatic rings. The maximum atomic E-state index is 14.2. The molecule has 1 atom stereocenters. The predicted molar refractivity (Wildman–Crippen MR) is 127 cm³/mol. The molecule has 2 aromatic carbocycles. The van der Waals surface area contributed by atoms with Gasteiger partial charge in [0.15, 0.2) is 6.61 Å². The highest BCUT2D eigenvalue weighted by atomic mass is 19.1. The van der Waals surface area contributed by atoms with Crippen molar-refractivity contribution in [2.45, 2.75) is 39.2 Å². The molecule has 1 fully saturated rings. The maximum absolute atomic E-state index is 14.2. The highest BCUT2D eigenvalue weighted by molar-refractivity contribution is 5.95. The number of amides is 2. The van der Waals surface area contributed by atoms with Crippen LogP contribution in [0.5, 0.6) is 5.75 Å². The first-order chi connectivity index (χ1) is 16.5. The third kappa shape index (κ3) is 4.95. The first kappa shape index (κ1) is 23.5. The van der Waals surface area contributed by atoms with Crippen LogP contribution in [0.3, 0.4) is 0 Å². The fourth-order valence-corrected chi connectivity index (χ4v) is 4.23. The fraction of sp³-hybridized carbons (Fsp3) is 0.346. The first-order valence-corrected chi connectivity index (χ1v) is 11.6. The summed E-state index contributed by atoms with van der Waals surface area (Å²) in [7, 11) is 0. The van der Waals surface area contributed by atoms with Gasteiger partial charge in [0.2, 0.25) is 0 Å². The van der Waals surface area contributed by atoms with Crippen molar-refractivity contribution < 1.29 is 18.7 Å². The number of hydrogen-bond acceptors (Lipinski definition) is 4. The molecule has 0 bridgehead atoms. The predicted octanol–water partition coefficient (Wildman–Crippen LogP) is 4.20. The molecule has 34 heavy (non-hydrogen) atoms. The van der Waals surface area contributed by atoms with E-state index in [9.17, 15) is 14.0 Å². The van der Waals surface area contributed by atoms with Crippen LogP contribution in [0.2, 0.25) is 0 Å². The van der Waals surface area contributed by atoms with Crippen LogP contribution >= 0.6 is 0 Å². The van der Waals surface area contributed by atoms with Crippen LogP contribution < -0.4 is 10.1 Å². The van der Waals surface area contributed by atoms with Gasteiger partial charge >= 0.3 is 0 Å². The summed E-state index contributed by atoms with van der Waals surface area (Å²) in [4.78, 5) is 27.4. The summed E-state index contributed by atoms with van der Waals surface area (Å²) in [6.07, 6.45) is 4.12. The molecular weight excluding hydrogens is 435 g/mol. The second-order valence-corrected chi connectivity index (χ2v) is 8.36. The highest BCUT2D eigenvalue weighted by Crippen LogP contribution is 2.28. The second-order valence-electron chi connectivity index (χ2n) is 8.36. The van der Waals surface area contributed by atoms with Crippen LogP contribution in [0.1, 0.15) is 53.8 Å². The number of rotatable bonds is 8. The Hall–Kier alpha value is -3.68. The summed E-state index contributed by atoms with van der Waals surface area (Å²) in [5, 5.41) is 7.27. The third-order valence-electron chi connectivity index (χ3n) is 6.15. The van der Waals surface area contributed by atoms with Crippen LogP contribution in [-0.4, -0.2) is 46.2 Å². The molecule has 0 aliphatic carbocycles. The van der Waals surface area contributed by atoms with Crippen molar-refractivity contribution in [2.75, 3.05) is 19.7 Å². The lowest BCUT2D eigenvalue weighted by atomic mass is 10.0. The molecule has 7 nitrogen and oxygen atoms in total.